The molecule has 0 aliphatic heterocycles. The van der Waals surface area contributed by atoms with Crippen LogP contribution in [0.4, 0.5) is 0 Å². The maximum absolute atomic E-state index is 12.1. The summed E-state index contributed by atoms with van der Waals surface area (Å²) in [6.07, 6.45) is 0. The standard InChI is InChI=1S/C13H20N4OS/c1-5-14-8(2)7-15-12(18)11-6-10-9(3)16-17(4)13(10)19-11/h6,8,14H,5,7H2,1-4H3,(H,15,18)/t8-/m1/s1. The molecule has 6 heteroatoms. The Bertz CT molecular complexity index is 552. The molecule has 2 aromatic rings. The highest BCUT2D eigenvalue weighted by molar-refractivity contribution is 7.20. The van der Waals surface area contributed by atoms with Crippen molar-refractivity contribution in [2.45, 2.75) is 26.8 Å². The quantitative estimate of drug-likeness (QED) is 0.876. The molecule has 0 aliphatic carbocycles. The maximum atomic E-state index is 12.1. The molecule has 2 rings (SSSR count). The monoisotopic (exact) mass is 280 g/mol. The van der Waals surface area contributed by atoms with E-state index in [1.54, 1.807) is 0 Å². The third-order valence-corrected chi connectivity index (χ3v) is 4.24. The Hall–Kier alpha value is -1.40. The molecule has 0 bridgehead atoms. The van der Waals surface area contributed by atoms with Gasteiger partial charge in [0.05, 0.1) is 10.6 Å². The van der Waals surface area contributed by atoms with E-state index in [-0.39, 0.29) is 11.9 Å². The van der Waals surface area contributed by atoms with E-state index in [1.165, 1.54) is 11.3 Å². The number of thiophene rings is 1. The Morgan fingerprint density at radius 1 is 1.58 bits per heavy atom. The zero-order valence-electron chi connectivity index (χ0n) is 11.8. The number of fused-ring (bicyclic) bond motifs is 1. The van der Waals surface area contributed by atoms with E-state index in [0.29, 0.717) is 6.54 Å². The van der Waals surface area contributed by atoms with Gasteiger partial charge in [-0.3, -0.25) is 9.48 Å². The summed E-state index contributed by atoms with van der Waals surface area (Å²) in [6.45, 7) is 7.62. The first kappa shape index (κ1) is 14.0. The van der Waals surface area contributed by atoms with Crippen molar-refractivity contribution in [2.24, 2.45) is 7.05 Å². The predicted molar refractivity (Wildman–Crippen MR) is 78.8 cm³/mol. The van der Waals surface area contributed by atoms with E-state index >= 15 is 0 Å². The number of carbonyl (C=O) groups is 1. The van der Waals surface area contributed by atoms with E-state index in [9.17, 15) is 4.79 Å². The second-order valence-corrected chi connectivity index (χ2v) is 5.74. The number of hydrogen-bond donors (Lipinski definition) is 2. The van der Waals surface area contributed by atoms with Crippen LogP contribution in [0.1, 0.15) is 29.2 Å². The number of carbonyl (C=O) groups excluding carboxylic acids is 1. The molecule has 0 unspecified atom stereocenters. The number of aryl methyl sites for hydroxylation is 2. The number of likely N-dealkylation sites (N-methyl/N-ethyl adjacent to an activating group) is 1. The van der Waals surface area contributed by atoms with Gasteiger partial charge < -0.3 is 10.6 Å². The third-order valence-electron chi connectivity index (χ3n) is 3.04. The summed E-state index contributed by atoms with van der Waals surface area (Å²) in [5.41, 5.74) is 0.966. The highest BCUT2D eigenvalue weighted by Gasteiger charge is 2.15. The fourth-order valence-corrected chi connectivity index (χ4v) is 3.11. The van der Waals surface area contributed by atoms with Crippen molar-refractivity contribution in [3.63, 3.8) is 0 Å². The molecule has 0 aromatic carbocycles. The van der Waals surface area contributed by atoms with Crippen molar-refractivity contribution < 1.29 is 4.79 Å². The van der Waals surface area contributed by atoms with Gasteiger partial charge in [0.15, 0.2) is 0 Å². The smallest absolute Gasteiger partial charge is 0.261 e. The van der Waals surface area contributed by atoms with Crippen molar-refractivity contribution in [1.29, 1.82) is 0 Å². The number of rotatable bonds is 5. The molecule has 0 saturated heterocycles. The summed E-state index contributed by atoms with van der Waals surface area (Å²) >= 11 is 1.49. The summed E-state index contributed by atoms with van der Waals surface area (Å²) in [5, 5.41) is 11.6. The summed E-state index contributed by atoms with van der Waals surface area (Å²) in [6, 6.07) is 2.21. The number of aromatic nitrogens is 2. The van der Waals surface area contributed by atoms with Crippen molar-refractivity contribution >= 4 is 27.5 Å². The molecule has 0 saturated carbocycles. The summed E-state index contributed by atoms with van der Waals surface area (Å²) < 4.78 is 1.83. The molecular weight excluding hydrogens is 260 g/mol. The molecule has 2 heterocycles. The highest BCUT2D eigenvalue weighted by Crippen LogP contribution is 2.27. The summed E-state index contributed by atoms with van der Waals surface area (Å²) in [4.78, 5) is 13.9. The number of amides is 1. The fourth-order valence-electron chi connectivity index (χ4n) is 2.07. The average Bonchev–Trinajstić information content (AvgIpc) is 2.90. The topological polar surface area (TPSA) is 58.9 Å². The lowest BCUT2D eigenvalue weighted by Gasteiger charge is -2.12. The molecule has 0 fully saturated rings. The summed E-state index contributed by atoms with van der Waals surface area (Å²) in [7, 11) is 1.90. The van der Waals surface area contributed by atoms with Crippen LogP contribution in [-0.4, -0.2) is 34.8 Å². The first-order valence-corrected chi connectivity index (χ1v) is 7.29. The molecule has 0 spiro atoms. The van der Waals surface area contributed by atoms with E-state index in [1.807, 2.05) is 24.7 Å². The molecule has 1 amide bonds. The van der Waals surface area contributed by atoms with E-state index in [4.69, 9.17) is 0 Å². The SMILES string of the molecule is CCN[C@H](C)CNC(=O)c1cc2c(C)nn(C)c2s1. The molecule has 5 nitrogen and oxygen atoms in total. The normalized spacial score (nSPS) is 12.8. The number of nitrogens with one attached hydrogen (secondary N) is 2. The van der Waals surface area contributed by atoms with Crippen LogP contribution < -0.4 is 10.6 Å². The molecule has 2 N–H and O–H groups in total. The Kier molecular flexibility index (Phi) is 4.21. The van der Waals surface area contributed by atoms with Crippen molar-refractivity contribution in [3.8, 4) is 0 Å². The van der Waals surface area contributed by atoms with Crippen LogP contribution >= 0.6 is 11.3 Å². The van der Waals surface area contributed by atoms with Crippen molar-refractivity contribution in [1.82, 2.24) is 20.4 Å². The molecule has 104 valence electrons. The van der Waals surface area contributed by atoms with Crippen LogP contribution in [0.15, 0.2) is 6.07 Å². The lowest BCUT2D eigenvalue weighted by Crippen LogP contribution is -2.38. The van der Waals surface area contributed by atoms with Crippen molar-refractivity contribution in [3.05, 3.63) is 16.6 Å². The fraction of sp³-hybridized carbons (Fsp3) is 0.538. The van der Waals surface area contributed by atoms with Gasteiger partial charge in [0.25, 0.3) is 5.91 Å². The van der Waals surface area contributed by atoms with Gasteiger partial charge in [0, 0.05) is 25.0 Å². The van der Waals surface area contributed by atoms with Gasteiger partial charge in [-0.2, -0.15) is 5.10 Å². The first-order valence-electron chi connectivity index (χ1n) is 6.47. The molecule has 1 atom stereocenters. The Morgan fingerprint density at radius 3 is 2.95 bits per heavy atom. The number of hydrogen-bond acceptors (Lipinski definition) is 4. The minimum Gasteiger partial charge on any atom is -0.350 e. The third kappa shape index (κ3) is 2.96. The van der Waals surface area contributed by atoms with Gasteiger partial charge in [-0.25, -0.2) is 0 Å². The lowest BCUT2D eigenvalue weighted by atomic mass is 10.3. The Labute approximate surface area is 117 Å². The van der Waals surface area contributed by atoms with Gasteiger partial charge >= 0.3 is 0 Å². The van der Waals surface area contributed by atoms with E-state index in [0.717, 1.165) is 27.3 Å². The zero-order chi connectivity index (χ0) is 14.0. The lowest BCUT2D eigenvalue weighted by molar-refractivity contribution is 0.0954. The Balaban J connectivity index is 2.07. The second-order valence-electron chi connectivity index (χ2n) is 4.71. The highest BCUT2D eigenvalue weighted by atomic mass is 32.1. The second kappa shape index (κ2) is 5.71. The number of nitrogens with zero attached hydrogens (tertiary/aromatic N) is 2. The minimum absolute atomic E-state index is 0.00893. The van der Waals surface area contributed by atoms with Gasteiger partial charge in [0.1, 0.15) is 4.83 Å². The van der Waals surface area contributed by atoms with Crippen LogP contribution in [0.3, 0.4) is 0 Å². The average molecular weight is 280 g/mol. The minimum atomic E-state index is -0.00893. The van der Waals surface area contributed by atoms with Crippen LogP contribution in [0, 0.1) is 6.92 Å². The molecule has 0 radical (unpaired) electrons. The van der Waals surface area contributed by atoms with Gasteiger partial charge in [0.2, 0.25) is 0 Å². The molecular formula is C13H20N4OS. The van der Waals surface area contributed by atoms with Crippen LogP contribution in [0.2, 0.25) is 0 Å². The van der Waals surface area contributed by atoms with Crippen LogP contribution in [0.5, 0.6) is 0 Å². The van der Waals surface area contributed by atoms with Crippen LogP contribution in [-0.2, 0) is 7.05 Å². The predicted octanol–water partition coefficient (Wildman–Crippen LogP) is 1.67. The molecule has 2 aromatic heterocycles. The Morgan fingerprint density at radius 2 is 2.32 bits per heavy atom. The van der Waals surface area contributed by atoms with Crippen molar-refractivity contribution in [2.75, 3.05) is 13.1 Å². The first-order chi connectivity index (χ1) is 9.02. The molecule has 19 heavy (non-hydrogen) atoms. The summed E-state index contributed by atoms with van der Waals surface area (Å²) in [5.74, 6) is -0.00893. The van der Waals surface area contributed by atoms with E-state index in [2.05, 4.69) is 29.6 Å². The van der Waals surface area contributed by atoms with Crippen LogP contribution in [0.25, 0.3) is 10.2 Å². The zero-order valence-corrected chi connectivity index (χ0v) is 12.6. The van der Waals surface area contributed by atoms with Gasteiger partial charge in [-0.15, -0.1) is 11.3 Å². The van der Waals surface area contributed by atoms with Gasteiger partial charge in [-0.1, -0.05) is 6.92 Å². The largest absolute Gasteiger partial charge is 0.350 e. The molecule has 0 aliphatic rings. The van der Waals surface area contributed by atoms with Gasteiger partial charge in [-0.05, 0) is 26.5 Å². The maximum Gasteiger partial charge on any atom is 0.261 e. The van der Waals surface area contributed by atoms with E-state index < -0.39 is 0 Å².